The molecule has 288 valence electrons. The molecule has 12 heteroatoms. The van der Waals surface area contributed by atoms with Gasteiger partial charge in [0.15, 0.2) is 6.29 Å². The number of rotatable bonds is 19. The number of unbranched alkanes of at least 4 members (excludes halogenated alkanes) is 2. The summed E-state index contributed by atoms with van der Waals surface area (Å²) in [7, 11) is 4.40. The fraction of sp³-hybridized carbons (Fsp3) is 0.537. The third-order valence-electron chi connectivity index (χ3n) is 10.7. The minimum Gasteiger partial charge on any atom is -0.496 e. The van der Waals surface area contributed by atoms with Crippen LogP contribution in [0.4, 0.5) is 4.79 Å². The lowest BCUT2D eigenvalue weighted by Crippen LogP contribution is -2.70. The Balaban J connectivity index is 1.76. The van der Waals surface area contributed by atoms with Gasteiger partial charge in [0.2, 0.25) is 5.79 Å². The number of fused-ring (bicyclic) bond motifs is 2. The summed E-state index contributed by atoms with van der Waals surface area (Å²) >= 11 is 0. The zero-order chi connectivity index (χ0) is 38.0. The Bertz CT molecular complexity index is 1640. The largest absolute Gasteiger partial charge is 0.496 e. The number of aliphatic hydroxyl groups is 2. The summed E-state index contributed by atoms with van der Waals surface area (Å²) in [6.45, 7) is 6.71. The zero-order valence-electron chi connectivity index (χ0n) is 31.3. The highest BCUT2D eigenvalue weighted by atomic mass is 16.7. The van der Waals surface area contributed by atoms with Crippen molar-refractivity contribution in [3.63, 3.8) is 0 Å². The van der Waals surface area contributed by atoms with Crippen molar-refractivity contribution in [1.82, 2.24) is 4.90 Å². The Morgan fingerprint density at radius 2 is 1.79 bits per heavy atom. The fourth-order valence-electron chi connectivity index (χ4n) is 8.56. The number of carbonyl (C=O) groups excluding carboxylic acids is 2. The predicted octanol–water partition coefficient (Wildman–Crippen LogP) is 7.04. The topological polar surface area (TPSA) is 146 Å². The Labute approximate surface area is 312 Å². The van der Waals surface area contributed by atoms with E-state index >= 15 is 0 Å². The van der Waals surface area contributed by atoms with Crippen LogP contribution in [0.15, 0.2) is 65.9 Å². The Morgan fingerprint density at radius 3 is 2.45 bits per heavy atom. The van der Waals surface area contributed by atoms with Crippen molar-refractivity contribution in [2.24, 2.45) is 22.9 Å². The average molecular weight is 735 g/mol. The van der Waals surface area contributed by atoms with Gasteiger partial charge in [0.25, 0.3) is 0 Å². The van der Waals surface area contributed by atoms with E-state index in [1.54, 1.807) is 29.2 Å². The molecule has 2 aliphatic carbocycles. The smallest absolute Gasteiger partial charge is 0.409 e. The summed E-state index contributed by atoms with van der Waals surface area (Å²) < 4.78 is 31.1. The molecule has 0 spiro atoms. The van der Waals surface area contributed by atoms with Crippen molar-refractivity contribution >= 4 is 18.1 Å². The highest BCUT2D eigenvalue weighted by molar-refractivity contribution is 6.03. The number of hydrogen-bond donors (Lipinski definition) is 2. The molecule has 0 aromatic heterocycles. The second-order valence-corrected chi connectivity index (χ2v) is 13.7. The maximum absolute atomic E-state index is 13.6. The van der Waals surface area contributed by atoms with Gasteiger partial charge in [0, 0.05) is 37.7 Å². The molecule has 0 bridgehead atoms. The summed E-state index contributed by atoms with van der Waals surface area (Å²) in [5.74, 6) is 0.202. The zero-order valence-corrected chi connectivity index (χ0v) is 31.3. The van der Waals surface area contributed by atoms with Gasteiger partial charge in [-0.15, -0.1) is 6.58 Å². The first-order valence-corrected chi connectivity index (χ1v) is 18.6. The molecule has 1 heterocycles. The maximum Gasteiger partial charge on any atom is 0.409 e. The number of carbonyl (C=O) groups is 2. The molecular weight excluding hydrogens is 680 g/mol. The number of oxime groups is 1. The summed E-state index contributed by atoms with van der Waals surface area (Å²) in [6.07, 6.45) is 9.75. The lowest BCUT2D eigenvalue weighted by molar-refractivity contribution is -0.255. The van der Waals surface area contributed by atoms with Gasteiger partial charge in [-0.1, -0.05) is 37.1 Å². The predicted molar refractivity (Wildman–Crippen MR) is 200 cm³/mol. The molecule has 2 aromatic rings. The van der Waals surface area contributed by atoms with Gasteiger partial charge in [-0.2, -0.15) is 0 Å². The summed E-state index contributed by atoms with van der Waals surface area (Å²) in [5.41, 5.74) is 2.93. The number of benzene rings is 2. The first-order valence-electron chi connectivity index (χ1n) is 18.6. The first kappa shape index (κ1) is 39.8. The molecule has 5 rings (SSSR count). The number of ether oxygens (including phenoxy) is 5. The van der Waals surface area contributed by atoms with Crippen LogP contribution in [0.3, 0.4) is 0 Å². The SMILES string of the molecule is C=CCO[C@@]12Oc3ccc(Oc4ccc(OC)c(C=O)c4)cc3[C@H]3[C@H](CCCCO)[C@@H](CCCCO)C=C(C(=NOC)C[C@@H]1N(CCC)C(=O)OC)[C@H]32. The minimum atomic E-state index is -1.36. The number of methoxy groups -OCH3 is 2. The lowest BCUT2D eigenvalue weighted by Gasteiger charge is -2.59. The van der Waals surface area contributed by atoms with E-state index in [4.69, 9.17) is 28.5 Å². The van der Waals surface area contributed by atoms with Gasteiger partial charge < -0.3 is 38.7 Å². The van der Waals surface area contributed by atoms with Crippen LogP contribution in [0.25, 0.3) is 0 Å². The van der Waals surface area contributed by atoms with Crippen LogP contribution >= 0.6 is 0 Å². The molecule has 6 atom stereocenters. The number of aliphatic hydroxyl groups excluding tert-OH is 2. The second kappa shape index (κ2) is 18.6. The van der Waals surface area contributed by atoms with Crippen LogP contribution in [0, 0.1) is 17.8 Å². The third kappa shape index (κ3) is 8.24. The van der Waals surface area contributed by atoms with Gasteiger partial charge in [-0.05, 0) is 85.9 Å². The third-order valence-corrected chi connectivity index (χ3v) is 10.7. The van der Waals surface area contributed by atoms with E-state index in [0.29, 0.717) is 66.5 Å². The first-order chi connectivity index (χ1) is 25.8. The van der Waals surface area contributed by atoms with E-state index in [9.17, 15) is 19.8 Å². The van der Waals surface area contributed by atoms with E-state index in [0.717, 1.165) is 43.1 Å². The van der Waals surface area contributed by atoms with Crippen molar-refractivity contribution in [1.29, 1.82) is 0 Å². The number of hydrogen-bond acceptors (Lipinski definition) is 11. The Kier molecular flexibility index (Phi) is 14.0. The highest BCUT2D eigenvalue weighted by Gasteiger charge is 2.65. The lowest BCUT2D eigenvalue weighted by atomic mass is 9.55. The van der Waals surface area contributed by atoms with Gasteiger partial charge >= 0.3 is 6.09 Å². The molecule has 2 N–H and O–H groups in total. The molecule has 1 saturated carbocycles. The fourth-order valence-corrected chi connectivity index (χ4v) is 8.56. The summed E-state index contributed by atoms with van der Waals surface area (Å²) in [4.78, 5) is 32.5. The number of allylic oxidation sites excluding steroid dienone is 1. The quantitative estimate of drug-likeness (QED) is 0.0667. The van der Waals surface area contributed by atoms with E-state index in [1.165, 1.54) is 21.3 Å². The van der Waals surface area contributed by atoms with Crippen molar-refractivity contribution < 1.29 is 48.3 Å². The molecule has 53 heavy (non-hydrogen) atoms. The van der Waals surface area contributed by atoms with E-state index in [1.807, 2.05) is 25.1 Å². The van der Waals surface area contributed by atoms with Crippen molar-refractivity contribution in [2.75, 3.05) is 47.7 Å². The van der Waals surface area contributed by atoms with Crippen molar-refractivity contribution in [3.8, 4) is 23.0 Å². The molecular formula is C41H54N2O10. The van der Waals surface area contributed by atoms with Crippen molar-refractivity contribution in [2.45, 2.75) is 76.0 Å². The Morgan fingerprint density at radius 1 is 1.06 bits per heavy atom. The molecule has 2 aromatic carbocycles. The normalized spacial score (nSPS) is 24.9. The number of nitrogens with zero attached hydrogens (tertiary/aromatic N) is 2. The molecule has 0 saturated heterocycles. The van der Waals surface area contributed by atoms with Crippen LogP contribution in [0.2, 0.25) is 0 Å². The molecule has 1 fully saturated rings. The summed E-state index contributed by atoms with van der Waals surface area (Å²) in [6, 6.07) is 10.1. The highest BCUT2D eigenvalue weighted by Crippen LogP contribution is 2.62. The standard InChI is InChI=1S/C41H54N2O10/c1-6-18-43(40(47)49-4)37-25-34(42-50-5)32-23-27(12-8-10-19-44)31(13-9-11-20-45)38-33-24-30(52-29-14-16-35(48-3)28(22-29)26-46)15-17-36(33)53-41(37,39(32)38)51-21-7-2/h7,14-17,22-24,26-27,31,37-39,44-45H,2,6,8-13,18-21,25H2,1,3-5H3/t27-,31+,37-,38+,39+,41+/m0/s1. The van der Waals surface area contributed by atoms with Gasteiger partial charge in [0.1, 0.15) is 36.1 Å². The van der Waals surface area contributed by atoms with Crippen LogP contribution in [0.5, 0.6) is 23.0 Å². The number of aldehydes is 1. The van der Waals surface area contributed by atoms with Crippen LogP contribution in [-0.2, 0) is 14.3 Å². The monoisotopic (exact) mass is 734 g/mol. The Hall–Kier alpha value is -4.39. The van der Waals surface area contributed by atoms with E-state index in [2.05, 4.69) is 17.8 Å². The molecule has 0 unspecified atom stereocenters. The van der Waals surface area contributed by atoms with E-state index < -0.39 is 23.8 Å². The van der Waals surface area contributed by atoms with Crippen LogP contribution in [0.1, 0.15) is 80.1 Å². The van der Waals surface area contributed by atoms with Crippen molar-refractivity contribution in [3.05, 3.63) is 71.8 Å². The second-order valence-electron chi connectivity index (χ2n) is 13.7. The van der Waals surface area contributed by atoms with Gasteiger partial charge in [0.05, 0.1) is 38.0 Å². The van der Waals surface area contributed by atoms with Crippen LogP contribution in [-0.4, -0.2) is 92.7 Å². The molecule has 3 aliphatic rings. The maximum atomic E-state index is 13.6. The minimum absolute atomic E-state index is 0.0570. The molecule has 1 amide bonds. The number of amides is 1. The van der Waals surface area contributed by atoms with Gasteiger partial charge in [-0.3, -0.25) is 9.69 Å². The molecule has 0 radical (unpaired) electrons. The molecule has 1 aliphatic heterocycles. The molecule has 12 nitrogen and oxygen atoms in total. The van der Waals surface area contributed by atoms with E-state index in [-0.39, 0.29) is 37.6 Å². The average Bonchev–Trinajstić information content (AvgIpc) is 3.17. The van der Waals surface area contributed by atoms with Crippen LogP contribution < -0.4 is 14.2 Å². The van der Waals surface area contributed by atoms with Gasteiger partial charge in [-0.25, -0.2) is 4.79 Å². The summed E-state index contributed by atoms with van der Waals surface area (Å²) in [5, 5.41) is 24.1.